The van der Waals surface area contributed by atoms with Crippen molar-refractivity contribution < 1.29 is 13.9 Å². The molecule has 2 N–H and O–H groups in total. The number of aliphatic imine (C=N–C) groups is 1. The summed E-state index contributed by atoms with van der Waals surface area (Å²) in [4.78, 5) is 4.15. The van der Waals surface area contributed by atoms with Crippen LogP contribution in [0.1, 0.15) is 20.3 Å². The van der Waals surface area contributed by atoms with Crippen molar-refractivity contribution in [2.45, 2.75) is 32.4 Å². The minimum Gasteiger partial charge on any atom is -0.486 e. The van der Waals surface area contributed by atoms with Gasteiger partial charge in [0.05, 0.1) is 13.2 Å². The summed E-state index contributed by atoms with van der Waals surface area (Å²) in [7, 11) is 3.36. The Morgan fingerprint density at radius 2 is 2.04 bits per heavy atom. The SMILES string of the molecule is CCC(CNC(=NC)NC(C)COC)Oc1ccccc1F.I. The average Bonchev–Trinajstić information content (AvgIpc) is 2.52. The number of rotatable bonds is 8. The molecule has 0 amide bonds. The van der Waals surface area contributed by atoms with E-state index in [-0.39, 0.29) is 47.7 Å². The third kappa shape index (κ3) is 8.36. The highest BCUT2D eigenvalue weighted by Gasteiger charge is 2.12. The second-order valence-corrected chi connectivity index (χ2v) is 5.03. The number of nitrogens with one attached hydrogen (secondary N) is 2. The van der Waals surface area contributed by atoms with Crippen molar-refractivity contribution >= 4 is 29.9 Å². The van der Waals surface area contributed by atoms with Gasteiger partial charge in [-0.15, -0.1) is 24.0 Å². The molecular formula is C16H27FIN3O2. The minimum absolute atomic E-state index is 0. The first kappa shape index (κ1) is 21.9. The van der Waals surface area contributed by atoms with Crippen LogP contribution in [0.4, 0.5) is 4.39 Å². The van der Waals surface area contributed by atoms with Gasteiger partial charge in [0, 0.05) is 20.2 Å². The summed E-state index contributed by atoms with van der Waals surface area (Å²) in [6, 6.07) is 6.56. The molecule has 0 bridgehead atoms. The van der Waals surface area contributed by atoms with Gasteiger partial charge in [-0.3, -0.25) is 4.99 Å². The van der Waals surface area contributed by atoms with Crippen LogP contribution in [0.5, 0.6) is 5.75 Å². The first-order valence-electron chi connectivity index (χ1n) is 7.48. The second-order valence-electron chi connectivity index (χ2n) is 5.03. The van der Waals surface area contributed by atoms with Gasteiger partial charge in [0.15, 0.2) is 17.5 Å². The lowest BCUT2D eigenvalue weighted by Gasteiger charge is -2.21. The van der Waals surface area contributed by atoms with Gasteiger partial charge in [0.25, 0.3) is 0 Å². The number of benzene rings is 1. The first-order valence-corrected chi connectivity index (χ1v) is 7.48. The molecule has 7 heteroatoms. The normalized spacial score (nSPS) is 13.7. The van der Waals surface area contributed by atoms with Crippen LogP contribution in [0.15, 0.2) is 29.3 Å². The average molecular weight is 439 g/mol. The summed E-state index contributed by atoms with van der Waals surface area (Å²) in [6.45, 7) is 5.12. The monoisotopic (exact) mass is 439 g/mol. The molecule has 1 rings (SSSR count). The molecule has 0 spiro atoms. The van der Waals surface area contributed by atoms with Crippen molar-refractivity contribution in [1.29, 1.82) is 0 Å². The molecule has 0 saturated carbocycles. The van der Waals surface area contributed by atoms with E-state index in [0.29, 0.717) is 19.1 Å². The molecule has 0 saturated heterocycles. The van der Waals surface area contributed by atoms with E-state index in [9.17, 15) is 4.39 Å². The van der Waals surface area contributed by atoms with Crippen LogP contribution >= 0.6 is 24.0 Å². The molecule has 0 fully saturated rings. The summed E-state index contributed by atoms with van der Waals surface area (Å²) in [5.74, 6) is 0.587. The van der Waals surface area contributed by atoms with E-state index in [4.69, 9.17) is 9.47 Å². The van der Waals surface area contributed by atoms with Gasteiger partial charge in [0.2, 0.25) is 0 Å². The number of halogens is 2. The number of methoxy groups -OCH3 is 1. The molecule has 0 heterocycles. The Morgan fingerprint density at radius 1 is 1.35 bits per heavy atom. The number of para-hydroxylation sites is 1. The zero-order chi connectivity index (χ0) is 16.4. The lowest BCUT2D eigenvalue weighted by atomic mass is 10.2. The van der Waals surface area contributed by atoms with Crippen LogP contribution in [-0.2, 0) is 4.74 Å². The highest BCUT2D eigenvalue weighted by molar-refractivity contribution is 14.0. The lowest BCUT2D eigenvalue weighted by molar-refractivity contribution is 0.177. The second kappa shape index (κ2) is 12.3. The smallest absolute Gasteiger partial charge is 0.191 e. The zero-order valence-corrected chi connectivity index (χ0v) is 16.5. The quantitative estimate of drug-likeness (QED) is 0.372. The number of nitrogens with zero attached hydrogens (tertiary/aromatic N) is 1. The molecule has 2 atom stereocenters. The molecule has 5 nitrogen and oxygen atoms in total. The molecule has 0 radical (unpaired) electrons. The van der Waals surface area contributed by atoms with E-state index in [0.717, 1.165) is 6.42 Å². The summed E-state index contributed by atoms with van der Waals surface area (Å²) in [5, 5.41) is 6.39. The molecule has 23 heavy (non-hydrogen) atoms. The van der Waals surface area contributed by atoms with Crippen LogP contribution in [0, 0.1) is 5.82 Å². The Hall–Kier alpha value is -1.09. The Morgan fingerprint density at radius 3 is 2.61 bits per heavy atom. The fourth-order valence-corrected chi connectivity index (χ4v) is 1.92. The van der Waals surface area contributed by atoms with Crippen molar-refractivity contribution in [2.24, 2.45) is 4.99 Å². The van der Waals surface area contributed by atoms with Crippen molar-refractivity contribution in [1.82, 2.24) is 10.6 Å². The molecule has 2 unspecified atom stereocenters. The van der Waals surface area contributed by atoms with Gasteiger partial charge >= 0.3 is 0 Å². The number of guanidine groups is 1. The molecule has 0 aliphatic rings. The molecule has 1 aromatic rings. The minimum atomic E-state index is -0.350. The molecular weight excluding hydrogens is 412 g/mol. The standard InChI is InChI=1S/C16H26FN3O2.HI/c1-5-13(22-15-9-7-6-8-14(15)17)10-19-16(18-3)20-12(2)11-21-4;/h6-9,12-13H,5,10-11H2,1-4H3,(H2,18,19,20);1H. The van der Waals surface area contributed by atoms with Gasteiger partial charge in [-0.1, -0.05) is 19.1 Å². The van der Waals surface area contributed by atoms with Crippen LogP contribution < -0.4 is 15.4 Å². The number of hydrogen-bond acceptors (Lipinski definition) is 3. The lowest BCUT2D eigenvalue weighted by Crippen LogP contribution is -2.46. The first-order chi connectivity index (χ1) is 10.6. The number of hydrogen-bond donors (Lipinski definition) is 2. The third-order valence-corrected chi connectivity index (χ3v) is 3.11. The fourth-order valence-electron chi connectivity index (χ4n) is 1.92. The van der Waals surface area contributed by atoms with E-state index in [1.165, 1.54) is 6.07 Å². The van der Waals surface area contributed by atoms with Crippen LogP contribution in [0.25, 0.3) is 0 Å². The van der Waals surface area contributed by atoms with E-state index < -0.39 is 0 Å². The Kier molecular flexibility index (Phi) is 11.8. The van der Waals surface area contributed by atoms with Crippen LogP contribution in [0.2, 0.25) is 0 Å². The van der Waals surface area contributed by atoms with Crippen LogP contribution in [0.3, 0.4) is 0 Å². The van der Waals surface area contributed by atoms with Crippen molar-refractivity contribution in [3.8, 4) is 5.75 Å². The summed E-state index contributed by atoms with van der Waals surface area (Å²) in [6.07, 6.45) is 0.611. The van der Waals surface area contributed by atoms with Crippen molar-refractivity contribution in [3.05, 3.63) is 30.1 Å². The predicted octanol–water partition coefficient (Wildman–Crippen LogP) is 2.80. The maximum atomic E-state index is 13.6. The van der Waals surface area contributed by atoms with Gasteiger partial charge in [-0.25, -0.2) is 4.39 Å². The van der Waals surface area contributed by atoms with Gasteiger partial charge < -0.3 is 20.1 Å². The molecule has 0 aliphatic carbocycles. The van der Waals surface area contributed by atoms with Crippen molar-refractivity contribution in [3.63, 3.8) is 0 Å². The predicted molar refractivity (Wildman–Crippen MR) is 102 cm³/mol. The van der Waals surface area contributed by atoms with Gasteiger partial charge in [-0.05, 0) is 25.5 Å². The summed E-state index contributed by atoms with van der Waals surface area (Å²) in [5.41, 5.74) is 0. The maximum absolute atomic E-state index is 13.6. The summed E-state index contributed by atoms with van der Waals surface area (Å²) >= 11 is 0. The Balaban J connectivity index is 0.00000484. The molecule has 0 aliphatic heterocycles. The molecule has 1 aromatic carbocycles. The van der Waals surface area contributed by atoms with Crippen LogP contribution in [-0.4, -0.2) is 45.4 Å². The summed E-state index contributed by atoms with van der Waals surface area (Å²) < 4.78 is 24.4. The Bertz CT molecular complexity index is 474. The Labute approximate surface area is 155 Å². The fraction of sp³-hybridized carbons (Fsp3) is 0.562. The third-order valence-electron chi connectivity index (χ3n) is 3.11. The van der Waals surface area contributed by atoms with Gasteiger partial charge in [0.1, 0.15) is 6.10 Å². The molecule has 0 aromatic heterocycles. The van der Waals surface area contributed by atoms with E-state index in [1.807, 2.05) is 13.8 Å². The zero-order valence-electron chi connectivity index (χ0n) is 14.1. The topological polar surface area (TPSA) is 54.9 Å². The maximum Gasteiger partial charge on any atom is 0.191 e. The highest BCUT2D eigenvalue weighted by atomic mass is 127. The van der Waals surface area contributed by atoms with Crippen molar-refractivity contribution in [2.75, 3.05) is 27.3 Å². The molecule has 132 valence electrons. The highest BCUT2D eigenvalue weighted by Crippen LogP contribution is 2.17. The van der Waals surface area contributed by atoms with E-state index in [1.54, 1.807) is 32.4 Å². The van der Waals surface area contributed by atoms with E-state index >= 15 is 0 Å². The van der Waals surface area contributed by atoms with Gasteiger partial charge in [-0.2, -0.15) is 0 Å². The van der Waals surface area contributed by atoms with E-state index in [2.05, 4.69) is 15.6 Å². The largest absolute Gasteiger partial charge is 0.486 e. The number of ether oxygens (including phenoxy) is 2.